The van der Waals surface area contributed by atoms with Crippen molar-refractivity contribution >= 4 is 16.5 Å². The zero-order valence-corrected chi connectivity index (χ0v) is 14.4. The molecule has 1 fully saturated rings. The second kappa shape index (κ2) is 6.90. The van der Waals surface area contributed by atoms with Crippen LogP contribution in [0.3, 0.4) is 0 Å². The van der Waals surface area contributed by atoms with E-state index in [1.54, 1.807) is 0 Å². The lowest BCUT2D eigenvalue weighted by atomic mass is 9.85. The lowest BCUT2D eigenvalue weighted by Gasteiger charge is -2.36. The van der Waals surface area contributed by atoms with E-state index in [1.165, 1.54) is 41.4 Å². The molecule has 0 aliphatic heterocycles. The molecule has 1 N–H and O–H groups in total. The lowest BCUT2D eigenvalue weighted by molar-refractivity contribution is 0.321. The number of aromatic nitrogens is 1. The minimum atomic E-state index is 0.500. The third-order valence-electron chi connectivity index (χ3n) is 4.47. The monoisotopic (exact) mass is 295 g/mol. The van der Waals surface area contributed by atoms with Crippen LogP contribution in [-0.4, -0.2) is 25.1 Å². The Morgan fingerprint density at radius 1 is 1.35 bits per heavy atom. The van der Waals surface area contributed by atoms with E-state index in [4.69, 9.17) is 4.98 Å². The molecule has 1 aromatic heterocycles. The molecule has 1 heterocycles. The molecule has 1 saturated carbocycles. The van der Waals surface area contributed by atoms with E-state index in [0.29, 0.717) is 12.0 Å². The van der Waals surface area contributed by atoms with E-state index in [2.05, 4.69) is 38.0 Å². The third kappa shape index (κ3) is 3.34. The Labute approximate surface area is 127 Å². The summed E-state index contributed by atoms with van der Waals surface area (Å²) in [5, 5.41) is 4.48. The normalized spacial score (nSPS) is 23.3. The summed E-state index contributed by atoms with van der Waals surface area (Å²) < 4.78 is 0. The molecule has 20 heavy (non-hydrogen) atoms. The van der Waals surface area contributed by atoms with E-state index in [-0.39, 0.29) is 0 Å². The fourth-order valence-corrected chi connectivity index (χ4v) is 4.50. The third-order valence-corrected chi connectivity index (χ3v) is 5.63. The van der Waals surface area contributed by atoms with Gasteiger partial charge in [0.15, 0.2) is 5.13 Å². The second-order valence-electron chi connectivity index (χ2n) is 6.43. The first-order valence-corrected chi connectivity index (χ1v) is 8.73. The highest BCUT2D eigenvalue weighted by atomic mass is 32.1. The van der Waals surface area contributed by atoms with Gasteiger partial charge in [0.2, 0.25) is 0 Å². The summed E-state index contributed by atoms with van der Waals surface area (Å²) in [5.41, 5.74) is 1.27. The lowest BCUT2D eigenvalue weighted by Crippen LogP contribution is -2.38. The van der Waals surface area contributed by atoms with E-state index < -0.39 is 0 Å². The quantitative estimate of drug-likeness (QED) is 0.890. The number of rotatable bonds is 5. The number of hydrogen-bond acceptors (Lipinski definition) is 4. The summed E-state index contributed by atoms with van der Waals surface area (Å²) in [7, 11) is 4.25. The molecule has 3 nitrogen and oxygen atoms in total. The molecule has 2 atom stereocenters. The van der Waals surface area contributed by atoms with E-state index in [0.717, 1.165) is 12.5 Å². The van der Waals surface area contributed by atoms with Gasteiger partial charge in [-0.05, 0) is 31.7 Å². The fraction of sp³-hybridized carbons (Fsp3) is 0.812. The maximum absolute atomic E-state index is 4.94. The number of thiazole rings is 1. The molecule has 0 radical (unpaired) electrons. The average molecular weight is 295 g/mol. The van der Waals surface area contributed by atoms with Crippen molar-refractivity contribution in [3.05, 3.63) is 10.6 Å². The maximum Gasteiger partial charge on any atom is 0.185 e. The fourth-order valence-electron chi connectivity index (χ4n) is 3.25. The van der Waals surface area contributed by atoms with Gasteiger partial charge in [-0.2, -0.15) is 0 Å². The molecule has 0 amide bonds. The van der Waals surface area contributed by atoms with Gasteiger partial charge in [-0.15, -0.1) is 11.3 Å². The predicted molar refractivity (Wildman–Crippen MR) is 88.8 cm³/mol. The number of anilines is 1. The van der Waals surface area contributed by atoms with Crippen LogP contribution >= 0.6 is 11.3 Å². The summed E-state index contributed by atoms with van der Waals surface area (Å²) in [4.78, 5) is 8.78. The minimum absolute atomic E-state index is 0.500. The van der Waals surface area contributed by atoms with Gasteiger partial charge >= 0.3 is 0 Å². The van der Waals surface area contributed by atoms with Gasteiger partial charge in [0.1, 0.15) is 0 Å². The molecule has 2 unspecified atom stereocenters. The van der Waals surface area contributed by atoms with Crippen molar-refractivity contribution in [2.24, 2.45) is 5.92 Å². The largest absolute Gasteiger partial charge is 0.348 e. The van der Waals surface area contributed by atoms with E-state index in [1.807, 2.05) is 18.4 Å². The van der Waals surface area contributed by atoms with E-state index in [9.17, 15) is 0 Å². The first-order valence-electron chi connectivity index (χ1n) is 7.91. The number of hydrogen-bond donors (Lipinski definition) is 1. The molecular formula is C16H29N3S. The minimum Gasteiger partial charge on any atom is -0.348 e. The molecule has 1 aliphatic carbocycles. The standard InChI is InChI=1S/C16H29N3S/c1-11(2)15-14(10-17-4)20-16(18-15)19(5)13-9-7-6-8-12(13)3/h11-13,17H,6-10H2,1-5H3. The van der Waals surface area contributed by atoms with Crippen LogP contribution in [0.25, 0.3) is 0 Å². The predicted octanol–water partition coefficient (Wildman–Crippen LogP) is 4.00. The van der Waals surface area contributed by atoms with Crippen LogP contribution in [0.5, 0.6) is 0 Å². The molecular weight excluding hydrogens is 266 g/mol. The van der Waals surface area contributed by atoms with E-state index >= 15 is 0 Å². The molecule has 114 valence electrons. The van der Waals surface area contributed by atoms with Crippen molar-refractivity contribution < 1.29 is 0 Å². The zero-order chi connectivity index (χ0) is 14.7. The molecule has 0 spiro atoms. The highest BCUT2D eigenvalue weighted by Crippen LogP contribution is 2.35. The average Bonchev–Trinajstić information content (AvgIpc) is 2.83. The van der Waals surface area contributed by atoms with Crippen LogP contribution in [0.4, 0.5) is 5.13 Å². The van der Waals surface area contributed by atoms with Gasteiger partial charge < -0.3 is 10.2 Å². The van der Waals surface area contributed by atoms with Crippen molar-refractivity contribution in [2.75, 3.05) is 19.0 Å². The van der Waals surface area contributed by atoms with Crippen LogP contribution in [-0.2, 0) is 6.54 Å². The Balaban J connectivity index is 2.20. The summed E-state index contributed by atoms with van der Waals surface area (Å²) in [5.74, 6) is 1.29. The van der Waals surface area contributed by atoms with Crippen molar-refractivity contribution in [2.45, 2.75) is 65.0 Å². The molecule has 4 heteroatoms. The molecule has 0 bridgehead atoms. The smallest absolute Gasteiger partial charge is 0.185 e. The molecule has 0 aromatic carbocycles. The Morgan fingerprint density at radius 3 is 2.65 bits per heavy atom. The Kier molecular flexibility index (Phi) is 5.44. The van der Waals surface area contributed by atoms with Gasteiger partial charge in [-0.3, -0.25) is 0 Å². The molecule has 1 aliphatic rings. The van der Waals surface area contributed by atoms with Gasteiger partial charge in [-0.25, -0.2) is 4.98 Å². The summed E-state index contributed by atoms with van der Waals surface area (Å²) in [6, 6.07) is 0.664. The highest BCUT2D eigenvalue weighted by Gasteiger charge is 2.27. The topological polar surface area (TPSA) is 28.2 Å². The SMILES string of the molecule is CNCc1sc(N(C)C2CCCCC2C)nc1C(C)C. The Morgan fingerprint density at radius 2 is 2.05 bits per heavy atom. The Hall–Kier alpha value is -0.610. The van der Waals surface area contributed by atoms with Gasteiger partial charge in [0.25, 0.3) is 0 Å². The first kappa shape index (κ1) is 15.8. The molecule has 0 saturated heterocycles. The van der Waals surface area contributed by atoms with Crippen molar-refractivity contribution in [1.29, 1.82) is 0 Å². The van der Waals surface area contributed by atoms with Crippen LogP contribution in [0.2, 0.25) is 0 Å². The Bertz CT molecular complexity index is 427. The molecule has 2 rings (SSSR count). The van der Waals surface area contributed by atoms with Gasteiger partial charge in [0, 0.05) is 24.5 Å². The zero-order valence-electron chi connectivity index (χ0n) is 13.6. The van der Waals surface area contributed by atoms with Gasteiger partial charge in [0.05, 0.1) is 5.69 Å². The number of nitrogens with one attached hydrogen (secondary N) is 1. The van der Waals surface area contributed by atoms with Crippen molar-refractivity contribution in [1.82, 2.24) is 10.3 Å². The van der Waals surface area contributed by atoms with Crippen molar-refractivity contribution in [3.63, 3.8) is 0 Å². The van der Waals surface area contributed by atoms with Crippen LogP contribution < -0.4 is 10.2 Å². The van der Waals surface area contributed by atoms with Crippen LogP contribution in [0.15, 0.2) is 0 Å². The number of nitrogens with zero attached hydrogens (tertiary/aromatic N) is 2. The summed E-state index contributed by atoms with van der Waals surface area (Å²) in [6.07, 6.45) is 5.44. The van der Waals surface area contributed by atoms with Gasteiger partial charge in [-0.1, -0.05) is 33.6 Å². The maximum atomic E-state index is 4.94. The summed E-state index contributed by atoms with van der Waals surface area (Å²) >= 11 is 1.87. The first-order chi connectivity index (χ1) is 9.54. The second-order valence-corrected chi connectivity index (χ2v) is 7.49. The highest BCUT2D eigenvalue weighted by molar-refractivity contribution is 7.15. The van der Waals surface area contributed by atoms with Crippen LogP contribution in [0.1, 0.15) is 62.9 Å². The van der Waals surface area contributed by atoms with Crippen LogP contribution in [0, 0.1) is 5.92 Å². The molecule has 1 aromatic rings. The van der Waals surface area contributed by atoms with Crippen molar-refractivity contribution in [3.8, 4) is 0 Å². The summed E-state index contributed by atoms with van der Waals surface area (Å²) in [6.45, 7) is 7.80.